The third-order valence-electron chi connectivity index (χ3n) is 2.77. The SMILES string of the molecule is C=CCCC(=O)N1CCCC(CN)C1. The maximum Gasteiger partial charge on any atom is 0.222 e. The fourth-order valence-electron chi connectivity index (χ4n) is 1.87. The van der Waals surface area contributed by atoms with Gasteiger partial charge in [-0.25, -0.2) is 0 Å². The van der Waals surface area contributed by atoms with Crippen LogP contribution in [-0.4, -0.2) is 30.4 Å². The second-order valence-electron chi connectivity index (χ2n) is 3.91. The molecule has 1 saturated heterocycles. The van der Waals surface area contributed by atoms with E-state index in [0.717, 1.165) is 25.9 Å². The lowest BCUT2D eigenvalue weighted by molar-refractivity contribution is -0.132. The van der Waals surface area contributed by atoms with Crippen molar-refractivity contribution < 1.29 is 4.79 Å². The van der Waals surface area contributed by atoms with Crippen molar-refractivity contribution in [2.24, 2.45) is 11.7 Å². The van der Waals surface area contributed by atoms with E-state index in [2.05, 4.69) is 6.58 Å². The van der Waals surface area contributed by atoms with Crippen LogP contribution in [-0.2, 0) is 4.79 Å². The molecule has 3 nitrogen and oxygen atoms in total. The summed E-state index contributed by atoms with van der Waals surface area (Å²) in [7, 11) is 0. The molecule has 80 valence electrons. The van der Waals surface area contributed by atoms with Crippen LogP contribution in [0.1, 0.15) is 25.7 Å². The predicted octanol–water partition coefficient (Wildman–Crippen LogP) is 1.15. The molecule has 0 saturated carbocycles. The Morgan fingerprint density at radius 2 is 2.43 bits per heavy atom. The van der Waals surface area contributed by atoms with Gasteiger partial charge in [-0.1, -0.05) is 6.08 Å². The van der Waals surface area contributed by atoms with E-state index in [9.17, 15) is 4.79 Å². The molecule has 3 heteroatoms. The van der Waals surface area contributed by atoms with Crippen LogP contribution in [0, 0.1) is 5.92 Å². The molecule has 1 heterocycles. The number of carbonyl (C=O) groups is 1. The zero-order valence-corrected chi connectivity index (χ0v) is 8.74. The molecule has 0 aromatic heterocycles. The van der Waals surface area contributed by atoms with Gasteiger partial charge < -0.3 is 10.6 Å². The van der Waals surface area contributed by atoms with Gasteiger partial charge in [0, 0.05) is 19.5 Å². The summed E-state index contributed by atoms with van der Waals surface area (Å²) in [6, 6.07) is 0. The summed E-state index contributed by atoms with van der Waals surface area (Å²) in [5.74, 6) is 0.763. The monoisotopic (exact) mass is 196 g/mol. The summed E-state index contributed by atoms with van der Waals surface area (Å²) >= 11 is 0. The number of piperidine rings is 1. The molecule has 14 heavy (non-hydrogen) atoms. The first-order valence-electron chi connectivity index (χ1n) is 5.36. The van der Waals surface area contributed by atoms with E-state index in [1.807, 2.05) is 4.90 Å². The number of likely N-dealkylation sites (tertiary alicyclic amines) is 1. The quantitative estimate of drug-likeness (QED) is 0.686. The molecule has 1 aliphatic rings. The normalized spacial score (nSPS) is 22.1. The molecule has 0 aromatic rings. The van der Waals surface area contributed by atoms with Crippen LogP contribution in [0.15, 0.2) is 12.7 Å². The molecule has 1 aliphatic heterocycles. The molecule has 1 rings (SSSR count). The molecule has 2 N–H and O–H groups in total. The van der Waals surface area contributed by atoms with Crippen molar-refractivity contribution in [3.05, 3.63) is 12.7 Å². The van der Waals surface area contributed by atoms with Gasteiger partial charge >= 0.3 is 0 Å². The molecular weight excluding hydrogens is 176 g/mol. The highest BCUT2D eigenvalue weighted by Crippen LogP contribution is 2.16. The maximum absolute atomic E-state index is 11.7. The molecule has 1 atom stereocenters. The van der Waals surface area contributed by atoms with Gasteiger partial charge in [0.1, 0.15) is 0 Å². The second-order valence-corrected chi connectivity index (χ2v) is 3.91. The third kappa shape index (κ3) is 3.14. The Balaban J connectivity index is 2.35. The molecule has 1 amide bonds. The zero-order chi connectivity index (χ0) is 10.4. The summed E-state index contributed by atoms with van der Waals surface area (Å²) < 4.78 is 0. The topological polar surface area (TPSA) is 46.3 Å². The van der Waals surface area contributed by atoms with Crippen molar-refractivity contribution in [2.45, 2.75) is 25.7 Å². The lowest BCUT2D eigenvalue weighted by Gasteiger charge is -2.32. The number of carbonyl (C=O) groups excluding carboxylic acids is 1. The lowest BCUT2D eigenvalue weighted by atomic mass is 9.98. The Labute approximate surface area is 86.0 Å². The Bertz CT molecular complexity index is 203. The fourth-order valence-corrected chi connectivity index (χ4v) is 1.87. The molecule has 0 aromatic carbocycles. The maximum atomic E-state index is 11.7. The average molecular weight is 196 g/mol. The van der Waals surface area contributed by atoms with Crippen LogP contribution >= 0.6 is 0 Å². The van der Waals surface area contributed by atoms with E-state index in [-0.39, 0.29) is 5.91 Å². The summed E-state index contributed by atoms with van der Waals surface area (Å²) in [5.41, 5.74) is 5.61. The van der Waals surface area contributed by atoms with Crippen molar-refractivity contribution in [3.8, 4) is 0 Å². The van der Waals surface area contributed by atoms with Crippen molar-refractivity contribution in [2.75, 3.05) is 19.6 Å². The lowest BCUT2D eigenvalue weighted by Crippen LogP contribution is -2.41. The number of rotatable bonds is 4. The van der Waals surface area contributed by atoms with Crippen molar-refractivity contribution in [1.29, 1.82) is 0 Å². The van der Waals surface area contributed by atoms with E-state index in [0.29, 0.717) is 18.9 Å². The number of allylic oxidation sites excluding steroid dienone is 1. The smallest absolute Gasteiger partial charge is 0.222 e. The summed E-state index contributed by atoms with van der Waals surface area (Å²) in [6.07, 6.45) is 5.44. The predicted molar refractivity (Wildman–Crippen MR) is 57.8 cm³/mol. The van der Waals surface area contributed by atoms with E-state index >= 15 is 0 Å². The van der Waals surface area contributed by atoms with Crippen LogP contribution in [0.5, 0.6) is 0 Å². The minimum absolute atomic E-state index is 0.253. The Morgan fingerprint density at radius 3 is 3.07 bits per heavy atom. The van der Waals surface area contributed by atoms with Gasteiger partial charge in [0.2, 0.25) is 5.91 Å². The molecule has 1 fully saturated rings. The van der Waals surface area contributed by atoms with Gasteiger partial charge in [0.15, 0.2) is 0 Å². The number of amides is 1. The Kier molecular flexibility index (Phi) is 4.66. The van der Waals surface area contributed by atoms with E-state index in [1.165, 1.54) is 6.42 Å². The van der Waals surface area contributed by atoms with Crippen LogP contribution < -0.4 is 5.73 Å². The molecule has 0 spiro atoms. The largest absolute Gasteiger partial charge is 0.342 e. The van der Waals surface area contributed by atoms with E-state index in [4.69, 9.17) is 5.73 Å². The Morgan fingerprint density at radius 1 is 1.64 bits per heavy atom. The zero-order valence-electron chi connectivity index (χ0n) is 8.74. The van der Waals surface area contributed by atoms with Crippen molar-refractivity contribution >= 4 is 5.91 Å². The van der Waals surface area contributed by atoms with Gasteiger partial charge in [-0.05, 0) is 31.7 Å². The van der Waals surface area contributed by atoms with Crippen LogP contribution in [0.25, 0.3) is 0 Å². The van der Waals surface area contributed by atoms with Gasteiger partial charge in [0.05, 0.1) is 0 Å². The first-order chi connectivity index (χ1) is 6.77. The summed E-state index contributed by atoms with van der Waals surface area (Å²) in [6.45, 7) is 6.08. The minimum Gasteiger partial charge on any atom is -0.342 e. The molecule has 1 unspecified atom stereocenters. The average Bonchev–Trinajstić information content (AvgIpc) is 2.26. The number of hydrogen-bond acceptors (Lipinski definition) is 2. The van der Waals surface area contributed by atoms with Crippen molar-refractivity contribution in [3.63, 3.8) is 0 Å². The molecule has 0 radical (unpaired) electrons. The first-order valence-corrected chi connectivity index (χ1v) is 5.36. The number of nitrogens with two attached hydrogens (primary N) is 1. The van der Waals surface area contributed by atoms with Crippen molar-refractivity contribution in [1.82, 2.24) is 4.90 Å². The van der Waals surface area contributed by atoms with Gasteiger partial charge in [0.25, 0.3) is 0 Å². The molecule has 0 aliphatic carbocycles. The highest BCUT2D eigenvalue weighted by atomic mass is 16.2. The van der Waals surface area contributed by atoms with Crippen LogP contribution in [0.4, 0.5) is 0 Å². The second kappa shape index (κ2) is 5.81. The molecule has 0 bridgehead atoms. The van der Waals surface area contributed by atoms with Crippen LogP contribution in [0.3, 0.4) is 0 Å². The first kappa shape index (κ1) is 11.2. The third-order valence-corrected chi connectivity index (χ3v) is 2.77. The van der Waals surface area contributed by atoms with Gasteiger partial charge in [-0.2, -0.15) is 0 Å². The standard InChI is InChI=1S/C11H20N2O/c1-2-3-6-11(14)13-7-4-5-10(8-12)9-13/h2,10H,1,3-9,12H2. The van der Waals surface area contributed by atoms with E-state index < -0.39 is 0 Å². The fraction of sp³-hybridized carbons (Fsp3) is 0.727. The number of nitrogens with zero attached hydrogens (tertiary/aromatic N) is 1. The summed E-state index contributed by atoms with van der Waals surface area (Å²) in [5, 5.41) is 0. The molecular formula is C11H20N2O. The highest BCUT2D eigenvalue weighted by Gasteiger charge is 2.21. The van der Waals surface area contributed by atoms with Crippen LogP contribution in [0.2, 0.25) is 0 Å². The van der Waals surface area contributed by atoms with Gasteiger partial charge in [-0.3, -0.25) is 4.79 Å². The number of hydrogen-bond donors (Lipinski definition) is 1. The minimum atomic E-state index is 0.253. The van der Waals surface area contributed by atoms with Gasteiger partial charge in [-0.15, -0.1) is 6.58 Å². The summed E-state index contributed by atoms with van der Waals surface area (Å²) in [4.78, 5) is 13.6. The van der Waals surface area contributed by atoms with E-state index in [1.54, 1.807) is 6.08 Å². The Hall–Kier alpha value is -0.830. The highest BCUT2D eigenvalue weighted by molar-refractivity contribution is 5.76.